The van der Waals surface area contributed by atoms with Gasteiger partial charge in [-0.15, -0.1) is 0 Å². The zero-order chi connectivity index (χ0) is 32.2. The summed E-state index contributed by atoms with van der Waals surface area (Å²) in [7, 11) is 2.16. The number of hydrogen-bond acceptors (Lipinski definition) is 2. The number of hydrogen-bond donors (Lipinski definition) is 0. The molecule has 4 aromatic heterocycles. The molecule has 4 heteroatoms. The molecule has 0 unspecified atom stereocenters. The van der Waals surface area contributed by atoms with Crippen LogP contribution in [-0.4, -0.2) is 19.1 Å². The van der Waals surface area contributed by atoms with E-state index in [-0.39, 0.29) is 0 Å². The molecular formula is C45H28N4. The number of rotatable bonds is 3. The third kappa shape index (κ3) is 3.68. The van der Waals surface area contributed by atoms with E-state index in [1.807, 2.05) is 12.4 Å². The fourth-order valence-corrected chi connectivity index (χ4v) is 8.25. The summed E-state index contributed by atoms with van der Waals surface area (Å²) in [4.78, 5) is 9.71. The molecule has 0 amide bonds. The minimum Gasteiger partial charge on any atom is -0.344 e. The third-order valence-corrected chi connectivity index (χ3v) is 10.6. The molecule has 1 aliphatic carbocycles. The fraction of sp³-hybridized carbons (Fsp3) is 0.0222. The molecule has 0 fully saturated rings. The van der Waals surface area contributed by atoms with Crippen molar-refractivity contribution in [2.24, 2.45) is 7.05 Å². The molecule has 4 heterocycles. The van der Waals surface area contributed by atoms with Gasteiger partial charge >= 0.3 is 0 Å². The highest BCUT2D eigenvalue weighted by molar-refractivity contribution is 6.15. The zero-order valence-corrected chi connectivity index (χ0v) is 26.7. The minimum absolute atomic E-state index is 0.971. The molecule has 0 spiro atoms. The highest BCUT2D eigenvalue weighted by atomic mass is 15.0. The molecular weight excluding hydrogens is 597 g/mol. The van der Waals surface area contributed by atoms with E-state index in [1.165, 1.54) is 82.3 Å². The van der Waals surface area contributed by atoms with Crippen LogP contribution in [-0.2, 0) is 7.05 Å². The second kappa shape index (κ2) is 9.75. The maximum absolute atomic E-state index is 4.98. The van der Waals surface area contributed by atoms with Crippen LogP contribution >= 0.6 is 0 Å². The molecule has 6 aromatic carbocycles. The SMILES string of the molecule is Cn1c2ccc(-c3ccc4c(c3)c3ccccc3n4-c3ccccc3)cc2c2cc(-c3cc4c(cn3)-c3nccc5cccc-4c35)ccc21. The predicted molar refractivity (Wildman–Crippen MR) is 203 cm³/mol. The Labute approximate surface area is 282 Å². The van der Waals surface area contributed by atoms with Crippen LogP contribution in [0.1, 0.15) is 0 Å². The highest BCUT2D eigenvalue weighted by Crippen LogP contribution is 2.47. The average Bonchev–Trinajstić information content (AvgIpc) is 3.77. The molecule has 0 N–H and O–H groups in total. The van der Waals surface area contributed by atoms with Crippen LogP contribution in [0.5, 0.6) is 0 Å². The Kier molecular flexibility index (Phi) is 5.28. The predicted octanol–water partition coefficient (Wildman–Crippen LogP) is 11.4. The summed E-state index contributed by atoms with van der Waals surface area (Å²) in [5, 5.41) is 7.43. The Bertz CT molecular complexity index is 2990. The smallest absolute Gasteiger partial charge is 0.0808 e. The number of benzene rings is 6. The molecule has 0 radical (unpaired) electrons. The van der Waals surface area contributed by atoms with Crippen molar-refractivity contribution >= 4 is 54.4 Å². The van der Waals surface area contributed by atoms with Crippen molar-refractivity contribution in [3.63, 3.8) is 0 Å². The Morgan fingerprint density at radius 2 is 1.14 bits per heavy atom. The lowest BCUT2D eigenvalue weighted by Gasteiger charge is -2.08. The standard InChI is InChI=1S/C45H28N4/c1-48-40-17-14-28(29-15-19-43-35(22-29)32-11-5-6-13-42(32)49(43)31-9-3-2-4-10-31)23-36(40)37-24-30(16-18-41(37)48)39-25-34-33-12-7-8-27-20-21-46-45(44(27)33)38(34)26-47-39/h2-26H,1H3. The molecule has 0 aliphatic heterocycles. The van der Waals surface area contributed by atoms with Gasteiger partial charge in [0, 0.05) is 74.2 Å². The van der Waals surface area contributed by atoms with Crippen LogP contribution in [0.25, 0.3) is 105 Å². The Hall–Kier alpha value is -6.52. The topological polar surface area (TPSA) is 35.6 Å². The second-order valence-corrected chi connectivity index (χ2v) is 13.1. The molecule has 49 heavy (non-hydrogen) atoms. The van der Waals surface area contributed by atoms with Crippen molar-refractivity contribution < 1.29 is 0 Å². The van der Waals surface area contributed by atoms with Crippen LogP contribution in [0.15, 0.2) is 152 Å². The molecule has 11 rings (SSSR count). The normalized spacial score (nSPS) is 12.2. The Balaban J connectivity index is 1.06. The van der Waals surface area contributed by atoms with E-state index in [2.05, 4.69) is 156 Å². The fourth-order valence-electron chi connectivity index (χ4n) is 8.25. The van der Waals surface area contributed by atoms with E-state index in [4.69, 9.17) is 9.97 Å². The summed E-state index contributed by atoms with van der Waals surface area (Å²) < 4.78 is 4.67. The first kappa shape index (κ1) is 26.5. The van der Waals surface area contributed by atoms with Crippen molar-refractivity contribution in [3.8, 4) is 50.5 Å². The lowest BCUT2D eigenvalue weighted by molar-refractivity contribution is 1.01. The zero-order valence-electron chi connectivity index (χ0n) is 26.7. The van der Waals surface area contributed by atoms with Gasteiger partial charge in [-0.2, -0.15) is 0 Å². The number of fused-ring (bicyclic) bond motifs is 9. The van der Waals surface area contributed by atoms with E-state index in [0.29, 0.717) is 0 Å². The van der Waals surface area contributed by atoms with Gasteiger partial charge in [-0.05, 0) is 94.4 Å². The van der Waals surface area contributed by atoms with Gasteiger partial charge in [-0.1, -0.05) is 72.8 Å². The van der Waals surface area contributed by atoms with Gasteiger partial charge in [0.15, 0.2) is 0 Å². The van der Waals surface area contributed by atoms with Gasteiger partial charge < -0.3 is 9.13 Å². The molecule has 4 nitrogen and oxygen atoms in total. The quantitative estimate of drug-likeness (QED) is 0.196. The van der Waals surface area contributed by atoms with Gasteiger partial charge in [0.2, 0.25) is 0 Å². The summed E-state index contributed by atoms with van der Waals surface area (Å²) in [5.74, 6) is 0. The summed E-state index contributed by atoms with van der Waals surface area (Å²) in [6.07, 6.45) is 3.90. The number of aromatic nitrogens is 4. The maximum atomic E-state index is 4.98. The lowest BCUT2D eigenvalue weighted by atomic mass is 9.99. The number of nitrogens with zero attached hydrogens (tertiary/aromatic N) is 4. The summed E-state index contributed by atoms with van der Waals surface area (Å²) in [6, 6.07) is 50.7. The van der Waals surface area contributed by atoms with E-state index < -0.39 is 0 Å². The van der Waals surface area contributed by atoms with E-state index >= 15 is 0 Å². The first-order chi connectivity index (χ1) is 24.2. The summed E-state index contributed by atoms with van der Waals surface area (Å²) >= 11 is 0. The first-order valence-corrected chi connectivity index (χ1v) is 16.7. The van der Waals surface area contributed by atoms with Crippen LogP contribution in [0.2, 0.25) is 0 Å². The minimum atomic E-state index is 0.971. The largest absolute Gasteiger partial charge is 0.344 e. The van der Waals surface area contributed by atoms with Gasteiger partial charge in [0.05, 0.1) is 22.4 Å². The number of pyridine rings is 2. The molecule has 1 aliphatic rings. The number of para-hydroxylation sites is 2. The molecule has 0 atom stereocenters. The van der Waals surface area contributed by atoms with Crippen LogP contribution in [0, 0.1) is 0 Å². The van der Waals surface area contributed by atoms with Gasteiger partial charge in [-0.25, -0.2) is 0 Å². The first-order valence-electron chi connectivity index (χ1n) is 16.7. The summed E-state index contributed by atoms with van der Waals surface area (Å²) in [5.41, 5.74) is 15.1. The Morgan fingerprint density at radius 3 is 1.96 bits per heavy atom. The van der Waals surface area contributed by atoms with Crippen molar-refractivity contribution in [1.29, 1.82) is 0 Å². The molecule has 0 saturated carbocycles. The molecule has 228 valence electrons. The Morgan fingerprint density at radius 1 is 0.469 bits per heavy atom. The van der Waals surface area contributed by atoms with E-state index in [0.717, 1.165) is 22.5 Å². The summed E-state index contributed by atoms with van der Waals surface area (Å²) in [6.45, 7) is 0. The molecule has 0 saturated heterocycles. The third-order valence-electron chi connectivity index (χ3n) is 10.6. The molecule has 10 aromatic rings. The lowest BCUT2D eigenvalue weighted by Crippen LogP contribution is -1.92. The van der Waals surface area contributed by atoms with Crippen LogP contribution in [0.4, 0.5) is 0 Å². The second-order valence-electron chi connectivity index (χ2n) is 13.1. The van der Waals surface area contributed by atoms with Crippen LogP contribution < -0.4 is 0 Å². The van der Waals surface area contributed by atoms with Crippen molar-refractivity contribution in [2.45, 2.75) is 0 Å². The van der Waals surface area contributed by atoms with E-state index in [9.17, 15) is 0 Å². The molecule has 0 bridgehead atoms. The van der Waals surface area contributed by atoms with Gasteiger partial charge in [0.1, 0.15) is 0 Å². The van der Waals surface area contributed by atoms with Gasteiger partial charge in [-0.3, -0.25) is 9.97 Å². The van der Waals surface area contributed by atoms with Crippen molar-refractivity contribution in [1.82, 2.24) is 19.1 Å². The van der Waals surface area contributed by atoms with Crippen LogP contribution in [0.3, 0.4) is 0 Å². The van der Waals surface area contributed by atoms with Crippen molar-refractivity contribution in [2.75, 3.05) is 0 Å². The average molecular weight is 625 g/mol. The highest BCUT2D eigenvalue weighted by Gasteiger charge is 2.23. The monoisotopic (exact) mass is 624 g/mol. The number of aryl methyl sites for hydroxylation is 1. The van der Waals surface area contributed by atoms with E-state index in [1.54, 1.807) is 0 Å². The van der Waals surface area contributed by atoms with Crippen molar-refractivity contribution in [3.05, 3.63) is 152 Å². The maximum Gasteiger partial charge on any atom is 0.0808 e. The van der Waals surface area contributed by atoms with Gasteiger partial charge in [0.25, 0.3) is 0 Å².